The van der Waals surface area contributed by atoms with Gasteiger partial charge in [0.15, 0.2) is 0 Å². The molecular formula is C11H12ClN5. The van der Waals surface area contributed by atoms with Crippen molar-refractivity contribution in [1.29, 1.82) is 5.41 Å². The van der Waals surface area contributed by atoms with Crippen LogP contribution in [0.15, 0.2) is 18.3 Å². The third-order valence-electron chi connectivity index (χ3n) is 2.47. The van der Waals surface area contributed by atoms with Crippen molar-refractivity contribution in [3.63, 3.8) is 0 Å². The second kappa shape index (κ2) is 4.18. The summed E-state index contributed by atoms with van der Waals surface area (Å²) in [6.07, 6.45) is 1.59. The Hall–Kier alpha value is -1.88. The van der Waals surface area contributed by atoms with Crippen LogP contribution in [0.4, 0.5) is 0 Å². The van der Waals surface area contributed by atoms with E-state index in [2.05, 4.69) is 10.1 Å². The molecule has 0 bridgehead atoms. The average molecular weight is 250 g/mol. The molecular weight excluding hydrogens is 238 g/mol. The smallest absolute Gasteiger partial charge is 0.141 e. The molecule has 0 unspecified atom stereocenters. The number of hydrogen-bond acceptors (Lipinski definition) is 3. The Morgan fingerprint density at radius 3 is 2.71 bits per heavy atom. The van der Waals surface area contributed by atoms with Crippen molar-refractivity contribution in [2.45, 2.75) is 13.8 Å². The topological polar surface area (TPSA) is 80.6 Å². The van der Waals surface area contributed by atoms with Gasteiger partial charge in [-0.15, -0.1) is 0 Å². The van der Waals surface area contributed by atoms with Crippen molar-refractivity contribution >= 4 is 17.4 Å². The highest BCUT2D eigenvalue weighted by molar-refractivity contribution is 6.31. The average Bonchev–Trinajstić information content (AvgIpc) is 2.57. The van der Waals surface area contributed by atoms with E-state index >= 15 is 0 Å². The van der Waals surface area contributed by atoms with Crippen LogP contribution in [0, 0.1) is 19.3 Å². The van der Waals surface area contributed by atoms with Gasteiger partial charge in [-0.25, -0.2) is 4.68 Å². The lowest BCUT2D eigenvalue weighted by Crippen LogP contribution is -2.13. The van der Waals surface area contributed by atoms with Crippen LogP contribution >= 0.6 is 11.6 Å². The molecule has 0 amide bonds. The molecule has 0 aromatic carbocycles. The van der Waals surface area contributed by atoms with Crippen molar-refractivity contribution in [3.8, 4) is 5.69 Å². The van der Waals surface area contributed by atoms with Gasteiger partial charge in [0.2, 0.25) is 0 Å². The molecule has 0 spiro atoms. The van der Waals surface area contributed by atoms with Gasteiger partial charge >= 0.3 is 0 Å². The zero-order chi connectivity index (χ0) is 12.6. The van der Waals surface area contributed by atoms with E-state index in [-0.39, 0.29) is 5.84 Å². The molecule has 0 aliphatic carbocycles. The van der Waals surface area contributed by atoms with Crippen LogP contribution < -0.4 is 5.73 Å². The number of hydrogen-bond donors (Lipinski definition) is 2. The van der Waals surface area contributed by atoms with Crippen LogP contribution in [0.3, 0.4) is 0 Å². The molecule has 0 saturated carbocycles. The molecule has 0 radical (unpaired) electrons. The first kappa shape index (κ1) is 11.6. The lowest BCUT2D eigenvalue weighted by atomic mass is 10.3. The molecule has 0 aliphatic rings. The Morgan fingerprint density at radius 2 is 2.18 bits per heavy atom. The van der Waals surface area contributed by atoms with Gasteiger partial charge in [-0.3, -0.25) is 10.4 Å². The number of amidine groups is 1. The Labute approximate surface area is 104 Å². The second-order valence-electron chi connectivity index (χ2n) is 3.71. The third-order valence-corrected chi connectivity index (χ3v) is 3.01. The molecule has 2 aromatic heterocycles. The molecule has 3 N–H and O–H groups in total. The number of aryl methyl sites for hydroxylation is 1. The third kappa shape index (κ3) is 2.01. The van der Waals surface area contributed by atoms with Gasteiger partial charge in [-0.05, 0) is 26.0 Å². The molecule has 2 aromatic rings. The molecule has 0 atom stereocenters. The number of rotatable bonds is 2. The van der Waals surface area contributed by atoms with Crippen LogP contribution in [0.1, 0.15) is 17.1 Å². The number of pyridine rings is 1. The lowest BCUT2D eigenvalue weighted by Gasteiger charge is -2.05. The number of nitrogens with zero attached hydrogens (tertiary/aromatic N) is 3. The van der Waals surface area contributed by atoms with E-state index in [1.807, 2.05) is 13.8 Å². The van der Waals surface area contributed by atoms with Crippen molar-refractivity contribution in [2.24, 2.45) is 5.73 Å². The largest absolute Gasteiger partial charge is 0.382 e. The van der Waals surface area contributed by atoms with E-state index in [0.717, 1.165) is 17.1 Å². The molecule has 5 nitrogen and oxygen atoms in total. The number of nitrogens with one attached hydrogen (secondary N) is 1. The highest BCUT2D eigenvalue weighted by Crippen LogP contribution is 2.22. The molecule has 2 rings (SSSR count). The monoisotopic (exact) mass is 249 g/mol. The Kier molecular flexibility index (Phi) is 2.85. The van der Waals surface area contributed by atoms with E-state index in [9.17, 15) is 0 Å². The minimum Gasteiger partial charge on any atom is -0.382 e. The van der Waals surface area contributed by atoms with Crippen LogP contribution in [0.5, 0.6) is 0 Å². The van der Waals surface area contributed by atoms with Gasteiger partial charge in [0, 0.05) is 6.20 Å². The Bertz CT molecular complexity index is 588. The van der Waals surface area contributed by atoms with E-state index in [0.29, 0.717) is 10.7 Å². The SMILES string of the molecule is Cc1nn(-c2ccnc(C(=N)N)c2)c(C)c1Cl. The van der Waals surface area contributed by atoms with Gasteiger partial charge in [-0.2, -0.15) is 5.10 Å². The van der Waals surface area contributed by atoms with Crippen LogP contribution in [-0.4, -0.2) is 20.6 Å². The zero-order valence-electron chi connectivity index (χ0n) is 9.53. The van der Waals surface area contributed by atoms with Gasteiger partial charge in [0.05, 0.1) is 22.1 Å². The maximum absolute atomic E-state index is 7.36. The zero-order valence-corrected chi connectivity index (χ0v) is 10.3. The highest BCUT2D eigenvalue weighted by Gasteiger charge is 2.11. The second-order valence-corrected chi connectivity index (χ2v) is 4.09. The fourth-order valence-electron chi connectivity index (χ4n) is 1.57. The first-order chi connectivity index (χ1) is 8.00. The molecule has 0 saturated heterocycles. The van der Waals surface area contributed by atoms with Crippen LogP contribution in [0.25, 0.3) is 5.69 Å². The van der Waals surface area contributed by atoms with Crippen molar-refractivity contribution < 1.29 is 0 Å². The standard InChI is InChI=1S/C11H12ClN5/c1-6-10(12)7(2)17(16-6)8-3-4-15-9(5-8)11(13)14/h3-5H,1-2H3,(H3,13,14). The minimum absolute atomic E-state index is 0.0699. The summed E-state index contributed by atoms with van der Waals surface area (Å²) in [7, 11) is 0. The number of nitrogens with two attached hydrogens (primary N) is 1. The summed E-state index contributed by atoms with van der Waals surface area (Å²) < 4.78 is 1.71. The predicted molar refractivity (Wildman–Crippen MR) is 66.9 cm³/mol. The summed E-state index contributed by atoms with van der Waals surface area (Å²) in [6, 6.07) is 3.50. The normalized spacial score (nSPS) is 10.5. The lowest BCUT2D eigenvalue weighted by molar-refractivity contribution is 0.831. The highest BCUT2D eigenvalue weighted by atomic mass is 35.5. The van der Waals surface area contributed by atoms with Gasteiger partial charge in [0.1, 0.15) is 11.5 Å². The molecule has 0 fully saturated rings. The van der Waals surface area contributed by atoms with Crippen LogP contribution in [-0.2, 0) is 0 Å². The summed E-state index contributed by atoms with van der Waals surface area (Å²) >= 11 is 6.08. The van der Waals surface area contributed by atoms with Crippen molar-refractivity contribution in [1.82, 2.24) is 14.8 Å². The van der Waals surface area contributed by atoms with Crippen molar-refractivity contribution in [2.75, 3.05) is 0 Å². The molecule has 6 heteroatoms. The van der Waals surface area contributed by atoms with Gasteiger partial charge in [0.25, 0.3) is 0 Å². The molecule has 2 heterocycles. The van der Waals surface area contributed by atoms with Gasteiger partial charge in [-0.1, -0.05) is 11.6 Å². The maximum Gasteiger partial charge on any atom is 0.141 e. The van der Waals surface area contributed by atoms with E-state index in [1.54, 1.807) is 23.0 Å². The number of halogens is 1. The first-order valence-electron chi connectivity index (χ1n) is 5.03. The minimum atomic E-state index is -0.0699. The first-order valence-corrected chi connectivity index (χ1v) is 5.41. The molecule has 0 aliphatic heterocycles. The summed E-state index contributed by atoms with van der Waals surface area (Å²) in [4.78, 5) is 4.00. The molecule has 88 valence electrons. The van der Waals surface area contributed by atoms with E-state index in [4.69, 9.17) is 22.7 Å². The van der Waals surface area contributed by atoms with E-state index < -0.39 is 0 Å². The number of nitrogen functional groups attached to an aromatic ring is 1. The maximum atomic E-state index is 7.36. The quantitative estimate of drug-likeness (QED) is 0.629. The van der Waals surface area contributed by atoms with Crippen LogP contribution in [0.2, 0.25) is 5.02 Å². The van der Waals surface area contributed by atoms with E-state index in [1.165, 1.54) is 0 Å². The van der Waals surface area contributed by atoms with Gasteiger partial charge < -0.3 is 5.73 Å². The van der Waals surface area contributed by atoms with Crippen molar-refractivity contribution in [3.05, 3.63) is 40.4 Å². The predicted octanol–water partition coefficient (Wildman–Crippen LogP) is 1.82. The summed E-state index contributed by atoms with van der Waals surface area (Å²) in [5.74, 6) is -0.0699. The Morgan fingerprint density at radius 1 is 1.47 bits per heavy atom. The Balaban J connectivity index is 2.56. The fraction of sp³-hybridized carbons (Fsp3) is 0.182. The number of aromatic nitrogens is 3. The fourth-order valence-corrected chi connectivity index (χ4v) is 1.69. The summed E-state index contributed by atoms with van der Waals surface area (Å²) in [6.45, 7) is 3.73. The molecule has 17 heavy (non-hydrogen) atoms. The summed E-state index contributed by atoms with van der Waals surface area (Å²) in [5, 5.41) is 12.3. The summed E-state index contributed by atoms with van der Waals surface area (Å²) in [5.41, 5.74) is 8.23.